The van der Waals surface area contributed by atoms with Crippen LogP contribution in [0, 0.1) is 5.41 Å². The summed E-state index contributed by atoms with van der Waals surface area (Å²) in [6.07, 6.45) is 4.24. The number of carbonyl (C=O) groups excluding carboxylic acids is 1. The summed E-state index contributed by atoms with van der Waals surface area (Å²) in [6.45, 7) is 6.91. The third-order valence-electron chi connectivity index (χ3n) is 5.78. The van der Waals surface area contributed by atoms with Crippen LogP contribution < -0.4 is 0 Å². The van der Waals surface area contributed by atoms with E-state index in [1.807, 2.05) is 35.5 Å². The molecular formula is C22H27N3O2. The Morgan fingerprint density at radius 2 is 1.93 bits per heavy atom. The molecule has 2 fully saturated rings. The molecule has 2 saturated heterocycles. The number of aromatic nitrogens is 1. The second-order valence-electron chi connectivity index (χ2n) is 7.90. The Labute approximate surface area is 161 Å². The van der Waals surface area contributed by atoms with Crippen molar-refractivity contribution in [2.45, 2.75) is 25.9 Å². The van der Waals surface area contributed by atoms with Gasteiger partial charge in [0.15, 0.2) is 0 Å². The molecule has 1 amide bonds. The molecule has 2 aliphatic rings. The van der Waals surface area contributed by atoms with Crippen LogP contribution in [0.2, 0.25) is 0 Å². The van der Waals surface area contributed by atoms with Crippen molar-refractivity contribution < 1.29 is 9.53 Å². The number of hydrogen-bond acceptors (Lipinski definition) is 4. The number of amides is 1. The molecule has 142 valence electrons. The highest BCUT2D eigenvalue weighted by atomic mass is 16.5. The molecule has 0 unspecified atom stereocenters. The number of benzene rings is 1. The van der Waals surface area contributed by atoms with Crippen LogP contribution in [0.25, 0.3) is 0 Å². The SMILES string of the molecule is C[C@@H](c1ccccc1)N1C[C@@]2(COCCN(Cc3ccncc3)C2)CC1=O. The molecule has 4 rings (SSSR count). The Balaban J connectivity index is 1.49. The molecule has 0 aliphatic carbocycles. The van der Waals surface area contributed by atoms with Crippen molar-refractivity contribution in [3.05, 3.63) is 66.0 Å². The van der Waals surface area contributed by atoms with Crippen molar-refractivity contribution in [3.63, 3.8) is 0 Å². The van der Waals surface area contributed by atoms with Gasteiger partial charge in [-0.25, -0.2) is 0 Å². The molecule has 5 heteroatoms. The quantitative estimate of drug-likeness (QED) is 0.836. The van der Waals surface area contributed by atoms with Gasteiger partial charge in [-0.05, 0) is 30.2 Å². The molecule has 0 N–H and O–H groups in total. The fourth-order valence-electron chi connectivity index (χ4n) is 4.36. The van der Waals surface area contributed by atoms with Crippen LogP contribution >= 0.6 is 0 Å². The average molecular weight is 365 g/mol. The molecule has 2 atom stereocenters. The Morgan fingerprint density at radius 3 is 2.70 bits per heavy atom. The zero-order valence-corrected chi connectivity index (χ0v) is 15.9. The average Bonchev–Trinajstić information content (AvgIpc) is 2.89. The van der Waals surface area contributed by atoms with Crippen LogP contribution in [0.5, 0.6) is 0 Å². The Hall–Kier alpha value is -2.24. The first-order valence-electron chi connectivity index (χ1n) is 9.69. The normalized spacial score (nSPS) is 24.9. The number of nitrogens with zero attached hydrogens (tertiary/aromatic N) is 3. The van der Waals surface area contributed by atoms with Crippen molar-refractivity contribution in [2.75, 3.05) is 32.8 Å². The van der Waals surface area contributed by atoms with E-state index in [-0.39, 0.29) is 17.4 Å². The van der Waals surface area contributed by atoms with Crippen molar-refractivity contribution in [1.82, 2.24) is 14.8 Å². The molecule has 1 aromatic heterocycles. The molecule has 27 heavy (non-hydrogen) atoms. The predicted molar refractivity (Wildman–Crippen MR) is 104 cm³/mol. The van der Waals surface area contributed by atoms with Gasteiger partial charge in [0, 0.05) is 50.4 Å². The Kier molecular flexibility index (Phi) is 5.23. The summed E-state index contributed by atoms with van der Waals surface area (Å²) in [5.41, 5.74) is 2.32. The second kappa shape index (κ2) is 7.79. The molecule has 1 aromatic carbocycles. The van der Waals surface area contributed by atoms with Crippen LogP contribution in [0.4, 0.5) is 0 Å². The van der Waals surface area contributed by atoms with Gasteiger partial charge in [-0.2, -0.15) is 0 Å². The molecule has 5 nitrogen and oxygen atoms in total. The summed E-state index contributed by atoms with van der Waals surface area (Å²) in [7, 11) is 0. The van der Waals surface area contributed by atoms with Crippen molar-refractivity contribution in [1.29, 1.82) is 0 Å². The highest BCUT2D eigenvalue weighted by Crippen LogP contribution is 2.38. The molecule has 0 radical (unpaired) electrons. The second-order valence-corrected chi connectivity index (χ2v) is 7.90. The smallest absolute Gasteiger partial charge is 0.223 e. The molecule has 2 aliphatic heterocycles. The van der Waals surface area contributed by atoms with E-state index in [1.165, 1.54) is 11.1 Å². The highest BCUT2D eigenvalue weighted by molar-refractivity contribution is 5.80. The minimum Gasteiger partial charge on any atom is -0.379 e. The summed E-state index contributed by atoms with van der Waals surface area (Å²) >= 11 is 0. The third-order valence-corrected chi connectivity index (χ3v) is 5.78. The van der Waals surface area contributed by atoms with Crippen molar-refractivity contribution >= 4 is 5.91 Å². The molecular weight excluding hydrogens is 338 g/mol. The lowest BCUT2D eigenvalue weighted by Gasteiger charge is -2.33. The first-order valence-corrected chi connectivity index (χ1v) is 9.69. The van der Waals surface area contributed by atoms with Gasteiger partial charge in [-0.1, -0.05) is 30.3 Å². The summed E-state index contributed by atoms with van der Waals surface area (Å²) in [4.78, 5) is 21.4. The fraction of sp³-hybridized carbons (Fsp3) is 0.455. The zero-order chi connectivity index (χ0) is 18.7. The van der Waals surface area contributed by atoms with Crippen LogP contribution in [-0.4, -0.2) is 53.5 Å². The number of ether oxygens (including phenoxy) is 1. The van der Waals surface area contributed by atoms with Crippen LogP contribution in [0.15, 0.2) is 54.9 Å². The monoisotopic (exact) mass is 365 g/mol. The zero-order valence-electron chi connectivity index (χ0n) is 15.9. The molecule has 2 aromatic rings. The lowest BCUT2D eigenvalue weighted by molar-refractivity contribution is -0.129. The molecule has 0 bridgehead atoms. The van der Waals surface area contributed by atoms with E-state index in [4.69, 9.17) is 4.74 Å². The van der Waals surface area contributed by atoms with E-state index in [0.717, 1.165) is 32.8 Å². The Bertz CT molecular complexity index is 768. The van der Waals surface area contributed by atoms with Crippen molar-refractivity contribution in [2.24, 2.45) is 5.41 Å². The lowest BCUT2D eigenvalue weighted by Crippen LogP contribution is -2.40. The van der Waals surface area contributed by atoms with E-state index in [9.17, 15) is 4.79 Å². The van der Waals surface area contributed by atoms with E-state index in [0.29, 0.717) is 13.0 Å². The van der Waals surface area contributed by atoms with Gasteiger partial charge in [0.2, 0.25) is 5.91 Å². The van der Waals surface area contributed by atoms with Gasteiger partial charge >= 0.3 is 0 Å². The summed E-state index contributed by atoms with van der Waals surface area (Å²) < 4.78 is 5.95. The highest BCUT2D eigenvalue weighted by Gasteiger charge is 2.46. The van der Waals surface area contributed by atoms with Crippen LogP contribution in [-0.2, 0) is 16.1 Å². The lowest BCUT2D eigenvalue weighted by atomic mass is 9.87. The van der Waals surface area contributed by atoms with Crippen molar-refractivity contribution in [3.8, 4) is 0 Å². The number of carbonyl (C=O) groups is 1. The number of hydrogen-bond donors (Lipinski definition) is 0. The van der Waals surface area contributed by atoms with Crippen LogP contribution in [0.1, 0.15) is 30.5 Å². The first kappa shape index (κ1) is 18.1. The van der Waals surface area contributed by atoms with Gasteiger partial charge in [-0.15, -0.1) is 0 Å². The standard InChI is InChI=1S/C22H27N3O2/c1-18(20-5-3-2-4-6-20)25-16-22(13-21(25)26)15-24(11-12-27-17-22)14-19-7-9-23-10-8-19/h2-10,18H,11-17H2,1H3/t18-,22+/m0/s1. The molecule has 1 spiro atoms. The van der Waals surface area contributed by atoms with E-state index in [1.54, 1.807) is 0 Å². The minimum absolute atomic E-state index is 0.0926. The van der Waals surface area contributed by atoms with Gasteiger partial charge in [0.1, 0.15) is 0 Å². The fourth-order valence-corrected chi connectivity index (χ4v) is 4.36. The third kappa shape index (κ3) is 4.04. The summed E-state index contributed by atoms with van der Waals surface area (Å²) in [5.74, 6) is 0.237. The largest absolute Gasteiger partial charge is 0.379 e. The van der Waals surface area contributed by atoms with Gasteiger partial charge in [0.05, 0.1) is 19.3 Å². The van der Waals surface area contributed by atoms with Gasteiger partial charge in [0.25, 0.3) is 0 Å². The summed E-state index contributed by atoms with van der Waals surface area (Å²) in [5, 5.41) is 0. The number of rotatable bonds is 4. The Morgan fingerprint density at radius 1 is 1.15 bits per heavy atom. The maximum atomic E-state index is 12.9. The van der Waals surface area contributed by atoms with Gasteiger partial charge in [-0.3, -0.25) is 14.7 Å². The number of likely N-dealkylation sites (tertiary alicyclic amines) is 1. The van der Waals surface area contributed by atoms with Gasteiger partial charge < -0.3 is 9.64 Å². The number of pyridine rings is 1. The minimum atomic E-state index is -0.121. The topological polar surface area (TPSA) is 45.7 Å². The molecule has 0 saturated carbocycles. The maximum Gasteiger partial charge on any atom is 0.223 e. The predicted octanol–water partition coefficient (Wildman–Crippen LogP) is 2.89. The molecule has 3 heterocycles. The van der Waals surface area contributed by atoms with Crippen LogP contribution in [0.3, 0.4) is 0 Å². The van der Waals surface area contributed by atoms with E-state index >= 15 is 0 Å². The summed E-state index contributed by atoms with van der Waals surface area (Å²) in [6, 6.07) is 14.5. The van der Waals surface area contributed by atoms with E-state index < -0.39 is 0 Å². The first-order chi connectivity index (χ1) is 13.2. The van der Waals surface area contributed by atoms with E-state index in [2.05, 4.69) is 41.1 Å². The maximum absolute atomic E-state index is 12.9.